The fraction of sp³-hybridized carbons (Fsp3) is 0.0667. The average Bonchev–Trinajstić information content (AvgIpc) is 1.42. The molecule has 1 aliphatic carbocycles. The molecule has 1 aromatic heterocycles. The van der Waals surface area contributed by atoms with Crippen LogP contribution < -0.4 is 73.1 Å². The third kappa shape index (κ3) is 7.31. The number of rotatable bonds is 6. The van der Waals surface area contributed by atoms with Gasteiger partial charge in [-0.05, 0) is 208 Å². The molecule has 8 aliphatic rings. The van der Waals surface area contributed by atoms with Crippen LogP contribution in [0.15, 0.2) is 328 Å². The molecule has 0 radical (unpaired) electrons. The number of nitrogens with zero attached hydrogens (tertiary/aromatic N) is 7. The van der Waals surface area contributed by atoms with Gasteiger partial charge >= 0.3 is 0 Å². The molecule has 15 aromatic rings. The number of benzene rings is 14. The van der Waals surface area contributed by atoms with E-state index in [2.05, 4.69) is 362 Å². The van der Waals surface area contributed by atoms with Crippen LogP contribution in [0.2, 0.25) is 5.82 Å². The van der Waals surface area contributed by atoms with E-state index in [0.29, 0.717) is 0 Å². The summed E-state index contributed by atoms with van der Waals surface area (Å²) in [5.74, 6) is 0.419. The number of fused-ring (bicyclic) bond motifs is 19. The van der Waals surface area contributed by atoms with Gasteiger partial charge in [-0.3, -0.25) is 0 Å². The van der Waals surface area contributed by atoms with E-state index in [-0.39, 0.29) is 44.0 Å². The van der Waals surface area contributed by atoms with Crippen LogP contribution in [-0.2, 0) is 0 Å². The highest BCUT2D eigenvalue weighted by Gasteiger charge is 2.57. The molecule has 1 saturated carbocycles. The number of para-hydroxylation sites is 9. The highest BCUT2D eigenvalue weighted by Crippen LogP contribution is 2.62. The molecule has 466 valence electrons. The normalized spacial score (nSPS) is 17.9. The van der Waals surface area contributed by atoms with Crippen LogP contribution in [-0.4, -0.2) is 30.7 Å². The summed E-state index contributed by atoms with van der Waals surface area (Å²) in [6.45, 7) is -0.0315. The molecule has 0 N–H and O–H groups in total. The lowest BCUT2D eigenvalue weighted by molar-refractivity contribution is 0.301. The molecule has 0 amide bonds. The molecular weight excluding hydrogens is 1210 g/mol. The molecule has 0 bridgehead atoms. The Morgan fingerprint density at radius 3 is 1.17 bits per heavy atom. The van der Waals surface area contributed by atoms with Crippen LogP contribution in [0.1, 0.15) is 30.4 Å². The van der Waals surface area contributed by atoms with Crippen molar-refractivity contribution in [2.75, 3.05) is 29.4 Å². The van der Waals surface area contributed by atoms with Gasteiger partial charge in [0.25, 0.3) is 13.4 Å². The Morgan fingerprint density at radius 1 is 0.270 bits per heavy atom. The van der Waals surface area contributed by atoms with Gasteiger partial charge < -0.3 is 34.0 Å². The molecule has 100 heavy (non-hydrogen) atoms. The lowest BCUT2D eigenvalue weighted by atomic mass is 9.27. The van der Waals surface area contributed by atoms with Crippen molar-refractivity contribution in [2.24, 2.45) is 0 Å². The van der Waals surface area contributed by atoms with E-state index in [1.165, 1.54) is 145 Å². The maximum Gasteiger partial charge on any atom is 0.253 e. The third-order valence-electron chi connectivity index (χ3n) is 23.9. The smallest absolute Gasteiger partial charge is 0.253 e. The summed E-state index contributed by atoms with van der Waals surface area (Å²) in [7, 11) is 0. The molecule has 23 rings (SSSR count). The standard InChI is InChI=1S/C90H62B3N7/c1-7-28-57(29-8-1)94-71-43-22-19-40-66(71)91-69-55-80-63(52-82(69)97(60-34-13-4-14-35-60)76-48-25-46-74(94)86(76)91)64-53-84-89(93-68-42-21-24-45-73(68)96(59-32-11-3-12-33-59)78-50-27-51-79(88(78)93)99(84)62-38-17-6-18-39-62)85-65-54-83-70(56-81(65)100(80)90(64)85)92-67-41-20-23-44-72(67)95(58-30-9-2-10-31-58)75-47-26-49-77(87(75)92)98(83)61-36-15-5-16-37-61/h1-51,53-54,56,63,69,80,82H,52,55H2. The van der Waals surface area contributed by atoms with Gasteiger partial charge in [0.2, 0.25) is 6.71 Å². The lowest BCUT2D eigenvalue weighted by Gasteiger charge is -2.54. The first-order valence-corrected chi connectivity index (χ1v) is 35.7. The van der Waals surface area contributed by atoms with Crippen LogP contribution in [0.3, 0.4) is 0 Å². The first-order chi connectivity index (χ1) is 49.7. The molecule has 4 unspecified atom stereocenters. The molecule has 1 fully saturated rings. The first-order valence-electron chi connectivity index (χ1n) is 35.7. The molecule has 14 aromatic carbocycles. The van der Waals surface area contributed by atoms with Gasteiger partial charge in [0, 0.05) is 131 Å². The van der Waals surface area contributed by atoms with Crippen molar-refractivity contribution in [2.45, 2.75) is 36.7 Å². The van der Waals surface area contributed by atoms with Crippen molar-refractivity contribution in [3.63, 3.8) is 0 Å². The third-order valence-corrected chi connectivity index (χ3v) is 23.9. The predicted octanol–water partition coefficient (Wildman–Crippen LogP) is 17.4. The van der Waals surface area contributed by atoms with Crippen LogP contribution >= 0.6 is 0 Å². The Hall–Kier alpha value is -12.1. The summed E-state index contributed by atoms with van der Waals surface area (Å²) in [5.41, 5.74) is 35.7. The van der Waals surface area contributed by atoms with E-state index in [9.17, 15) is 0 Å². The summed E-state index contributed by atoms with van der Waals surface area (Å²) in [6.07, 6.45) is 1.96. The quantitative estimate of drug-likeness (QED) is 0.154. The van der Waals surface area contributed by atoms with Crippen molar-refractivity contribution in [3.05, 3.63) is 333 Å². The Labute approximate surface area is 582 Å². The minimum Gasteiger partial charge on any atom is -0.339 e. The molecule has 7 nitrogen and oxygen atoms in total. The number of aromatic nitrogens is 1. The molecule has 0 saturated heterocycles. The molecule has 4 atom stereocenters. The Balaban J connectivity index is 0.839. The van der Waals surface area contributed by atoms with Crippen LogP contribution in [0.25, 0.3) is 21.8 Å². The zero-order valence-electron chi connectivity index (χ0n) is 54.8. The topological polar surface area (TPSA) is 24.4 Å². The minimum atomic E-state index is -0.109. The number of hydrogen-bond donors (Lipinski definition) is 0. The van der Waals surface area contributed by atoms with E-state index in [1.54, 1.807) is 0 Å². The summed E-state index contributed by atoms with van der Waals surface area (Å²) in [5, 5.41) is 2.68. The molecule has 7 aliphatic heterocycles. The predicted molar refractivity (Wildman–Crippen MR) is 421 cm³/mol. The van der Waals surface area contributed by atoms with Gasteiger partial charge in [-0.2, -0.15) is 0 Å². The highest BCUT2D eigenvalue weighted by atomic mass is 15.2. The minimum absolute atomic E-state index is 0.0648. The van der Waals surface area contributed by atoms with Crippen molar-refractivity contribution >= 4 is 182 Å². The van der Waals surface area contributed by atoms with Crippen molar-refractivity contribution in [1.29, 1.82) is 0 Å². The van der Waals surface area contributed by atoms with E-state index in [0.717, 1.165) is 35.6 Å². The maximum atomic E-state index is 2.97. The second-order valence-corrected chi connectivity index (χ2v) is 28.5. The van der Waals surface area contributed by atoms with E-state index in [1.807, 2.05) is 0 Å². The van der Waals surface area contributed by atoms with Gasteiger partial charge in [0.05, 0.1) is 5.52 Å². The van der Waals surface area contributed by atoms with Crippen molar-refractivity contribution in [1.82, 2.24) is 4.57 Å². The molecule has 0 spiro atoms. The fourth-order valence-corrected chi connectivity index (χ4v) is 20.4. The maximum absolute atomic E-state index is 2.97. The number of hydrogen-bond acceptors (Lipinski definition) is 6. The summed E-state index contributed by atoms with van der Waals surface area (Å²) >= 11 is 0. The lowest BCUT2D eigenvalue weighted by Crippen LogP contribution is -2.63. The average molecular weight is 1270 g/mol. The largest absolute Gasteiger partial charge is 0.339 e. The highest BCUT2D eigenvalue weighted by molar-refractivity contribution is 7.02. The fourth-order valence-electron chi connectivity index (χ4n) is 20.4. The Kier molecular flexibility index (Phi) is 11.4. The van der Waals surface area contributed by atoms with Gasteiger partial charge in [0.1, 0.15) is 0 Å². The monoisotopic (exact) mass is 1270 g/mol. The van der Waals surface area contributed by atoms with E-state index >= 15 is 0 Å². The van der Waals surface area contributed by atoms with Gasteiger partial charge in [-0.1, -0.05) is 187 Å². The second-order valence-electron chi connectivity index (χ2n) is 28.5. The molecule has 10 heteroatoms. The zero-order valence-corrected chi connectivity index (χ0v) is 54.8. The van der Waals surface area contributed by atoms with Crippen molar-refractivity contribution in [3.8, 4) is 0 Å². The van der Waals surface area contributed by atoms with Gasteiger partial charge in [-0.15, -0.1) is 0 Å². The van der Waals surface area contributed by atoms with E-state index < -0.39 is 0 Å². The Bertz CT molecular complexity index is 5920. The SMILES string of the molecule is c1ccc(N2c3ccccc3B3c4cc5c(cc4N(c4ccccc4)c4cccc2c43)c2c3c(cc4c2n5C2CC5B6c7ccccc7N(c7ccccc7)c7cccc(c76)N(c6ccccc6)C5CC42)N(c2ccccc2)c2cccc4c2B3c2ccccc2N4c2ccccc2)cc1. The van der Waals surface area contributed by atoms with Crippen LogP contribution in [0, 0.1) is 0 Å². The van der Waals surface area contributed by atoms with E-state index in [4.69, 9.17) is 0 Å². The van der Waals surface area contributed by atoms with Gasteiger partial charge in [0.15, 0.2) is 0 Å². The molecule has 8 heterocycles. The second kappa shape index (κ2) is 20.7. The number of anilines is 17. The summed E-state index contributed by atoms with van der Waals surface area (Å²) in [6, 6.07) is 125. The first kappa shape index (κ1) is 54.9. The summed E-state index contributed by atoms with van der Waals surface area (Å²) < 4.78 is 2.97. The zero-order chi connectivity index (χ0) is 65.0. The Morgan fingerprint density at radius 2 is 0.660 bits per heavy atom. The molecular formula is C90H62B3N7. The van der Waals surface area contributed by atoms with Crippen LogP contribution in [0.5, 0.6) is 0 Å². The van der Waals surface area contributed by atoms with Crippen molar-refractivity contribution < 1.29 is 0 Å². The van der Waals surface area contributed by atoms with Gasteiger partial charge in [-0.25, -0.2) is 0 Å². The van der Waals surface area contributed by atoms with Crippen LogP contribution in [0.4, 0.5) is 96.7 Å². The summed E-state index contributed by atoms with van der Waals surface area (Å²) in [4.78, 5) is 15.7.